The zero-order chi connectivity index (χ0) is 11.9. The smallest absolute Gasteiger partial charge is 0.147 e. The SMILES string of the molecule is Cc1[nH]c2c(F)cccc2c1C(C)(C)CN. The van der Waals surface area contributed by atoms with Crippen LogP contribution in [0.2, 0.25) is 0 Å². The average molecular weight is 220 g/mol. The number of hydrogen-bond acceptors (Lipinski definition) is 1. The maximum Gasteiger partial charge on any atom is 0.147 e. The second-order valence-electron chi connectivity index (χ2n) is 4.88. The van der Waals surface area contributed by atoms with Crippen molar-refractivity contribution in [1.82, 2.24) is 4.98 Å². The van der Waals surface area contributed by atoms with Crippen LogP contribution in [0.1, 0.15) is 25.1 Å². The van der Waals surface area contributed by atoms with Crippen molar-refractivity contribution in [2.24, 2.45) is 5.73 Å². The lowest BCUT2D eigenvalue weighted by Crippen LogP contribution is -2.28. The minimum absolute atomic E-state index is 0.143. The molecule has 2 nitrogen and oxygen atoms in total. The Labute approximate surface area is 94.7 Å². The van der Waals surface area contributed by atoms with Gasteiger partial charge in [-0.1, -0.05) is 26.0 Å². The summed E-state index contributed by atoms with van der Waals surface area (Å²) in [5, 5.41) is 0.938. The monoisotopic (exact) mass is 220 g/mol. The van der Waals surface area contributed by atoms with E-state index >= 15 is 0 Å². The Morgan fingerprint density at radius 3 is 2.69 bits per heavy atom. The molecular weight excluding hydrogens is 203 g/mol. The van der Waals surface area contributed by atoms with Crippen LogP contribution in [0, 0.1) is 12.7 Å². The van der Waals surface area contributed by atoms with Gasteiger partial charge in [-0.05, 0) is 18.6 Å². The highest BCUT2D eigenvalue weighted by molar-refractivity contribution is 5.86. The molecule has 0 aliphatic heterocycles. The minimum Gasteiger partial charge on any atom is -0.356 e. The maximum atomic E-state index is 13.6. The fourth-order valence-corrected chi connectivity index (χ4v) is 2.29. The topological polar surface area (TPSA) is 41.8 Å². The predicted octanol–water partition coefficient (Wildman–Crippen LogP) is 2.85. The highest BCUT2D eigenvalue weighted by atomic mass is 19.1. The highest BCUT2D eigenvalue weighted by Gasteiger charge is 2.25. The molecule has 0 aliphatic carbocycles. The number of aryl methyl sites for hydroxylation is 1. The molecule has 0 saturated heterocycles. The van der Waals surface area contributed by atoms with Crippen molar-refractivity contribution in [1.29, 1.82) is 0 Å². The van der Waals surface area contributed by atoms with Gasteiger partial charge < -0.3 is 10.7 Å². The van der Waals surface area contributed by atoms with Gasteiger partial charge in [0.25, 0.3) is 0 Å². The fourth-order valence-electron chi connectivity index (χ4n) is 2.29. The van der Waals surface area contributed by atoms with Gasteiger partial charge >= 0.3 is 0 Å². The first-order valence-electron chi connectivity index (χ1n) is 5.44. The molecule has 1 aromatic heterocycles. The third kappa shape index (κ3) is 1.52. The Bertz CT molecular complexity index is 526. The van der Waals surface area contributed by atoms with Crippen LogP contribution in [0.3, 0.4) is 0 Å². The normalized spacial score (nSPS) is 12.3. The molecule has 2 aromatic rings. The number of aromatic amines is 1. The summed E-state index contributed by atoms with van der Waals surface area (Å²) in [4.78, 5) is 3.11. The van der Waals surface area contributed by atoms with Gasteiger partial charge in [0, 0.05) is 23.0 Å². The van der Waals surface area contributed by atoms with Crippen LogP contribution in [0.15, 0.2) is 18.2 Å². The van der Waals surface area contributed by atoms with Gasteiger partial charge in [-0.2, -0.15) is 0 Å². The van der Waals surface area contributed by atoms with E-state index in [1.165, 1.54) is 6.07 Å². The summed E-state index contributed by atoms with van der Waals surface area (Å²) in [5.74, 6) is -0.209. The zero-order valence-corrected chi connectivity index (χ0v) is 9.89. The molecule has 0 radical (unpaired) electrons. The standard InChI is InChI=1S/C13H17FN2/c1-8-11(13(2,3)7-15)9-5-4-6-10(14)12(9)16-8/h4-6,16H,7,15H2,1-3H3. The van der Waals surface area contributed by atoms with Crippen molar-refractivity contribution in [2.45, 2.75) is 26.2 Å². The van der Waals surface area contributed by atoms with Gasteiger partial charge in [0.1, 0.15) is 5.82 Å². The Morgan fingerprint density at radius 1 is 1.38 bits per heavy atom. The lowest BCUT2D eigenvalue weighted by molar-refractivity contribution is 0.540. The number of para-hydroxylation sites is 1. The van der Waals surface area contributed by atoms with Crippen molar-refractivity contribution >= 4 is 10.9 Å². The minimum atomic E-state index is -0.209. The molecule has 2 rings (SSSR count). The summed E-state index contributed by atoms with van der Waals surface area (Å²) in [5.41, 5.74) is 8.34. The molecular formula is C13H17FN2. The lowest BCUT2D eigenvalue weighted by atomic mass is 9.83. The first-order chi connectivity index (χ1) is 7.47. The van der Waals surface area contributed by atoms with Crippen LogP contribution in [0.25, 0.3) is 10.9 Å². The second kappa shape index (κ2) is 3.59. The Kier molecular flexibility index (Phi) is 2.50. The number of fused-ring (bicyclic) bond motifs is 1. The maximum absolute atomic E-state index is 13.6. The molecule has 3 heteroatoms. The Hall–Kier alpha value is -1.35. The van der Waals surface area contributed by atoms with Crippen molar-refractivity contribution in [3.05, 3.63) is 35.3 Å². The van der Waals surface area contributed by atoms with E-state index in [1.54, 1.807) is 6.07 Å². The lowest BCUT2D eigenvalue weighted by Gasteiger charge is -2.23. The third-order valence-electron chi connectivity index (χ3n) is 3.16. The summed E-state index contributed by atoms with van der Waals surface area (Å²) >= 11 is 0. The molecule has 0 spiro atoms. The second-order valence-corrected chi connectivity index (χ2v) is 4.88. The van der Waals surface area contributed by atoms with Crippen LogP contribution < -0.4 is 5.73 Å². The van der Waals surface area contributed by atoms with Crippen molar-refractivity contribution in [2.75, 3.05) is 6.54 Å². The summed E-state index contributed by atoms with van der Waals surface area (Å²) in [6.45, 7) is 6.66. The van der Waals surface area contributed by atoms with E-state index in [1.807, 2.05) is 13.0 Å². The van der Waals surface area contributed by atoms with Crippen LogP contribution >= 0.6 is 0 Å². The number of rotatable bonds is 2. The summed E-state index contributed by atoms with van der Waals surface area (Å²) in [7, 11) is 0. The van der Waals surface area contributed by atoms with E-state index in [4.69, 9.17) is 5.73 Å². The van der Waals surface area contributed by atoms with Crippen LogP contribution in [0.5, 0.6) is 0 Å². The molecule has 16 heavy (non-hydrogen) atoms. The molecule has 0 saturated carbocycles. The molecule has 3 N–H and O–H groups in total. The zero-order valence-electron chi connectivity index (χ0n) is 9.89. The van der Waals surface area contributed by atoms with Crippen LogP contribution in [-0.2, 0) is 5.41 Å². The van der Waals surface area contributed by atoms with Gasteiger partial charge in [0.2, 0.25) is 0 Å². The van der Waals surface area contributed by atoms with Crippen molar-refractivity contribution < 1.29 is 4.39 Å². The summed E-state index contributed by atoms with van der Waals surface area (Å²) in [6, 6.07) is 5.15. The number of hydrogen-bond donors (Lipinski definition) is 2. The van der Waals surface area contributed by atoms with E-state index in [2.05, 4.69) is 18.8 Å². The molecule has 0 unspecified atom stereocenters. The molecule has 1 aromatic carbocycles. The number of benzene rings is 1. The van der Waals surface area contributed by atoms with Crippen molar-refractivity contribution in [3.63, 3.8) is 0 Å². The number of nitrogens with one attached hydrogen (secondary N) is 1. The molecule has 0 fully saturated rings. The van der Waals surface area contributed by atoms with Crippen molar-refractivity contribution in [3.8, 4) is 0 Å². The fraction of sp³-hybridized carbons (Fsp3) is 0.385. The Balaban J connectivity index is 2.80. The first-order valence-corrected chi connectivity index (χ1v) is 5.44. The van der Waals surface area contributed by atoms with Gasteiger partial charge in [0.05, 0.1) is 5.52 Å². The molecule has 1 heterocycles. The van der Waals surface area contributed by atoms with E-state index in [9.17, 15) is 4.39 Å². The molecule has 0 atom stereocenters. The van der Waals surface area contributed by atoms with E-state index in [-0.39, 0.29) is 11.2 Å². The number of H-pyrrole nitrogens is 1. The Morgan fingerprint density at radius 2 is 2.06 bits per heavy atom. The highest BCUT2D eigenvalue weighted by Crippen LogP contribution is 2.33. The molecule has 0 amide bonds. The van der Waals surface area contributed by atoms with Gasteiger partial charge in [-0.15, -0.1) is 0 Å². The summed E-state index contributed by atoms with van der Waals surface area (Å²) in [6.07, 6.45) is 0. The molecule has 0 aliphatic rings. The van der Waals surface area contributed by atoms with E-state index in [0.29, 0.717) is 12.1 Å². The van der Waals surface area contributed by atoms with Gasteiger partial charge in [-0.3, -0.25) is 0 Å². The average Bonchev–Trinajstić information content (AvgIpc) is 2.57. The predicted molar refractivity (Wildman–Crippen MR) is 65.1 cm³/mol. The molecule has 86 valence electrons. The van der Waals surface area contributed by atoms with Gasteiger partial charge in [0.15, 0.2) is 0 Å². The quantitative estimate of drug-likeness (QED) is 0.802. The number of nitrogens with two attached hydrogens (primary N) is 1. The third-order valence-corrected chi connectivity index (χ3v) is 3.16. The first kappa shape index (κ1) is 11.1. The van der Waals surface area contributed by atoms with E-state index < -0.39 is 0 Å². The number of halogens is 1. The van der Waals surface area contributed by atoms with Crippen LogP contribution in [0.4, 0.5) is 4.39 Å². The van der Waals surface area contributed by atoms with E-state index in [0.717, 1.165) is 16.6 Å². The number of aromatic nitrogens is 1. The summed E-state index contributed by atoms with van der Waals surface area (Å²) < 4.78 is 13.6. The largest absolute Gasteiger partial charge is 0.356 e. The van der Waals surface area contributed by atoms with Crippen LogP contribution in [-0.4, -0.2) is 11.5 Å². The van der Waals surface area contributed by atoms with Gasteiger partial charge in [-0.25, -0.2) is 4.39 Å². The molecule has 0 bridgehead atoms.